The minimum Gasteiger partial charge on any atom is -0.489 e. The van der Waals surface area contributed by atoms with Gasteiger partial charge in [-0.05, 0) is 55.8 Å². The second-order valence-electron chi connectivity index (χ2n) is 6.76. The van der Waals surface area contributed by atoms with Gasteiger partial charge in [-0.3, -0.25) is 4.79 Å². The predicted octanol–water partition coefficient (Wildman–Crippen LogP) is 1.68. The molecule has 1 aromatic heterocycles. The fourth-order valence-electron chi connectivity index (χ4n) is 3.43. The van der Waals surface area contributed by atoms with Crippen molar-refractivity contribution in [3.8, 4) is 5.75 Å². The van der Waals surface area contributed by atoms with Crippen LogP contribution in [0.3, 0.4) is 0 Å². The van der Waals surface area contributed by atoms with E-state index in [2.05, 4.69) is 25.7 Å². The summed E-state index contributed by atoms with van der Waals surface area (Å²) >= 11 is 0. The predicted molar refractivity (Wildman–Crippen MR) is 99.3 cm³/mol. The molecule has 0 unspecified atom stereocenters. The number of hydrogen-bond acceptors (Lipinski definition) is 6. The van der Waals surface area contributed by atoms with Crippen LogP contribution in [0.4, 0.5) is 11.5 Å². The topological polar surface area (TPSA) is 79.4 Å². The third kappa shape index (κ3) is 3.94. The van der Waals surface area contributed by atoms with Crippen molar-refractivity contribution in [1.82, 2.24) is 15.5 Å². The van der Waals surface area contributed by atoms with E-state index in [0.29, 0.717) is 6.54 Å². The molecule has 2 aromatic rings. The minimum absolute atomic E-state index is 0.0440. The number of nitrogens with zero attached hydrogens (tertiary/aromatic N) is 3. The maximum atomic E-state index is 12.5. The Hall–Kier alpha value is -2.67. The number of ether oxygens (including phenoxy) is 1. The Labute approximate surface area is 152 Å². The van der Waals surface area contributed by atoms with E-state index in [4.69, 9.17) is 4.74 Å². The Kier molecular flexibility index (Phi) is 4.97. The molecule has 26 heavy (non-hydrogen) atoms. The summed E-state index contributed by atoms with van der Waals surface area (Å²) in [4.78, 5) is 14.6. The van der Waals surface area contributed by atoms with Crippen molar-refractivity contribution in [2.45, 2.75) is 18.9 Å². The van der Waals surface area contributed by atoms with Crippen LogP contribution >= 0.6 is 0 Å². The molecule has 0 bridgehead atoms. The number of aromatic nitrogens is 2. The molecule has 1 amide bonds. The second kappa shape index (κ2) is 7.70. The zero-order valence-electron chi connectivity index (χ0n) is 14.6. The molecule has 0 saturated carbocycles. The third-order valence-corrected chi connectivity index (χ3v) is 4.88. The zero-order chi connectivity index (χ0) is 17.8. The molecular formula is C19H23N5O2. The number of carbonyl (C=O) groups excluding carboxylic acids is 1. The molecule has 136 valence electrons. The van der Waals surface area contributed by atoms with Crippen molar-refractivity contribution in [2.75, 3.05) is 36.4 Å². The van der Waals surface area contributed by atoms with Crippen molar-refractivity contribution in [2.24, 2.45) is 5.92 Å². The zero-order valence-corrected chi connectivity index (χ0v) is 14.6. The summed E-state index contributed by atoms with van der Waals surface area (Å²) in [6, 6.07) is 11.4. The van der Waals surface area contributed by atoms with Gasteiger partial charge >= 0.3 is 0 Å². The normalized spacial score (nSPS) is 22.4. The highest BCUT2D eigenvalue weighted by Crippen LogP contribution is 2.24. The van der Waals surface area contributed by atoms with E-state index in [1.165, 1.54) is 0 Å². The lowest BCUT2D eigenvalue weighted by atomic mass is 10.1. The van der Waals surface area contributed by atoms with Gasteiger partial charge < -0.3 is 20.3 Å². The van der Waals surface area contributed by atoms with Crippen LogP contribution in [0.25, 0.3) is 0 Å². The highest BCUT2D eigenvalue weighted by molar-refractivity contribution is 5.93. The van der Waals surface area contributed by atoms with Gasteiger partial charge in [-0.15, -0.1) is 5.10 Å². The molecule has 3 heterocycles. The molecule has 2 aliphatic rings. The molecule has 4 rings (SSSR count). The molecule has 2 N–H and O–H groups in total. The van der Waals surface area contributed by atoms with E-state index in [1.54, 1.807) is 6.20 Å². The van der Waals surface area contributed by atoms with Crippen LogP contribution in [0.5, 0.6) is 5.75 Å². The van der Waals surface area contributed by atoms with Crippen LogP contribution in [0.15, 0.2) is 42.6 Å². The molecule has 1 aromatic carbocycles. The summed E-state index contributed by atoms with van der Waals surface area (Å²) in [5, 5.41) is 14.3. The lowest BCUT2D eigenvalue weighted by Crippen LogP contribution is -2.27. The summed E-state index contributed by atoms with van der Waals surface area (Å²) < 4.78 is 5.90. The first kappa shape index (κ1) is 16.8. The van der Waals surface area contributed by atoms with Gasteiger partial charge in [-0.2, -0.15) is 5.10 Å². The van der Waals surface area contributed by atoms with E-state index < -0.39 is 0 Å². The monoisotopic (exact) mass is 353 g/mol. The van der Waals surface area contributed by atoms with Gasteiger partial charge in [-0.25, -0.2) is 0 Å². The minimum atomic E-state index is -0.0440. The summed E-state index contributed by atoms with van der Waals surface area (Å²) in [6.45, 7) is 3.38. The quantitative estimate of drug-likeness (QED) is 0.851. The average molecular weight is 353 g/mol. The Morgan fingerprint density at radius 2 is 2.12 bits per heavy atom. The number of hydrogen-bond donors (Lipinski definition) is 2. The van der Waals surface area contributed by atoms with Crippen molar-refractivity contribution < 1.29 is 9.53 Å². The molecule has 2 saturated heterocycles. The largest absolute Gasteiger partial charge is 0.489 e. The van der Waals surface area contributed by atoms with Crippen LogP contribution in [0.1, 0.15) is 12.8 Å². The van der Waals surface area contributed by atoms with Gasteiger partial charge in [0.2, 0.25) is 5.91 Å². The highest BCUT2D eigenvalue weighted by Gasteiger charge is 2.29. The van der Waals surface area contributed by atoms with E-state index in [-0.39, 0.29) is 17.9 Å². The SMILES string of the molecule is O=C(Nc1ccc(O[C@H]2CCNC2)cc1)[C@H]1CCN(c2cccnn2)C1. The molecule has 0 aliphatic carbocycles. The lowest BCUT2D eigenvalue weighted by Gasteiger charge is -2.16. The number of anilines is 2. The fraction of sp³-hybridized carbons (Fsp3) is 0.421. The van der Waals surface area contributed by atoms with Crippen molar-refractivity contribution in [1.29, 1.82) is 0 Å². The highest BCUT2D eigenvalue weighted by atomic mass is 16.5. The number of carbonyl (C=O) groups is 1. The number of benzene rings is 1. The Morgan fingerprint density at radius 1 is 1.23 bits per heavy atom. The first-order valence-electron chi connectivity index (χ1n) is 9.09. The van der Waals surface area contributed by atoms with Gasteiger partial charge in [-0.1, -0.05) is 0 Å². The van der Waals surface area contributed by atoms with Crippen LogP contribution in [-0.2, 0) is 4.79 Å². The Balaban J connectivity index is 1.30. The van der Waals surface area contributed by atoms with Crippen molar-refractivity contribution >= 4 is 17.4 Å². The second-order valence-corrected chi connectivity index (χ2v) is 6.76. The summed E-state index contributed by atoms with van der Waals surface area (Å²) in [6.07, 6.45) is 3.74. The van der Waals surface area contributed by atoms with Crippen molar-refractivity contribution in [3.63, 3.8) is 0 Å². The molecular weight excluding hydrogens is 330 g/mol. The number of rotatable bonds is 5. The van der Waals surface area contributed by atoms with Crippen LogP contribution in [0, 0.1) is 5.92 Å². The van der Waals surface area contributed by atoms with Crippen LogP contribution in [-0.4, -0.2) is 48.4 Å². The van der Waals surface area contributed by atoms with Gasteiger partial charge in [0.05, 0.1) is 5.92 Å². The molecule has 2 fully saturated rings. The third-order valence-electron chi connectivity index (χ3n) is 4.88. The number of amides is 1. The maximum Gasteiger partial charge on any atom is 0.229 e. The van der Waals surface area contributed by atoms with Gasteiger partial charge in [0.15, 0.2) is 5.82 Å². The smallest absolute Gasteiger partial charge is 0.229 e. The first-order valence-corrected chi connectivity index (χ1v) is 9.09. The van der Waals surface area contributed by atoms with Gasteiger partial charge in [0.1, 0.15) is 11.9 Å². The molecule has 7 heteroatoms. The van der Waals surface area contributed by atoms with Crippen LogP contribution in [0.2, 0.25) is 0 Å². The lowest BCUT2D eigenvalue weighted by molar-refractivity contribution is -0.119. The van der Waals surface area contributed by atoms with Crippen LogP contribution < -0.4 is 20.3 Å². The van der Waals surface area contributed by atoms with E-state index in [1.807, 2.05) is 36.4 Å². The Morgan fingerprint density at radius 3 is 2.85 bits per heavy atom. The first-order chi connectivity index (χ1) is 12.8. The van der Waals surface area contributed by atoms with Gasteiger partial charge in [0, 0.05) is 31.5 Å². The summed E-state index contributed by atoms with van der Waals surface area (Å²) in [5.74, 6) is 1.67. The fourth-order valence-corrected chi connectivity index (χ4v) is 3.43. The van der Waals surface area contributed by atoms with Crippen molar-refractivity contribution in [3.05, 3.63) is 42.6 Å². The molecule has 2 aliphatic heterocycles. The molecule has 0 spiro atoms. The van der Waals surface area contributed by atoms with E-state index >= 15 is 0 Å². The summed E-state index contributed by atoms with van der Waals surface area (Å²) in [5.41, 5.74) is 0.796. The molecule has 0 radical (unpaired) electrons. The molecule has 2 atom stereocenters. The van der Waals surface area contributed by atoms with E-state index in [0.717, 1.165) is 49.7 Å². The van der Waals surface area contributed by atoms with Gasteiger partial charge in [0.25, 0.3) is 0 Å². The average Bonchev–Trinajstić information content (AvgIpc) is 3.36. The number of nitrogens with one attached hydrogen (secondary N) is 2. The molecule has 7 nitrogen and oxygen atoms in total. The maximum absolute atomic E-state index is 12.5. The Bertz CT molecular complexity index is 731. The standard InChI is InChI=1S/C19H23N5O2/c25-19(14-8-11-24(13-14)18-2-1-9-21-23-18)22-15-3-5-16(6-4-15)26-17-7-10-20-12-17/h1-6,9,14,17,20H,7-8,10-13H2,(H,22,25)/t14-,17-/m0/s1. The summed E-state index contributed by atoms with van der Waals surface area (Å²) in [7, 11) is 0. The van der Waals surface area contributed by atoms with E-state index in [9.17, 15) is 4.79 Å².